The van der Waals surface area contributed by atoms with Gasteiger partial charge in [0, 0.05) is 24.2 Å². The van der Waals surface area contributed by atoms with Crippen LogP contribution in [0.15, 0.2) is 36.5 Å². The van der Waals surface area contributed by atoms with Crippen molar-refractivity contribution in [2.24, 2.45) is 0 Å². The Morgan fingerprint density at radius 1 is 1.33 bits per heavy atom. The third-order valence-electron chi connectivity index (χ3n) is 4.74. The molecule has 0 radical (unpaired) electrons. The van der Waals surface area contributed by atoms with E-state index in [4.69, 9.17) is 4.74 Å². The standard InChI is InChI=1S/C17H20N2O2/c20-17(16-10-19-8-2-4-14(19)11-21-16)13-6-5-12-3-1-7-18-15(12)9-13/h1,3,5-7,9,14,16-17,20H,2,4,8,10-11H2. The highest BCUT2D eigenvalue weighted by Gasteiger charge is 2.35. The van der Waals surface area contributed by atoms with Gasteiger partial charge in [-0.1, -0.05) is 18.2 Å². The zero-order chi connectivity index (χ0) is 14.2. The van der Waals surface area contributed by atoms with Gasteiger partial charge in [0.2, 0.25) is 0 Å². The second-order valence-electron chi connectivity index (χ2n) is 6.06. The van der Waals surface area contributed by atoms with E-state index < -0.39 is 6.10 Å². The Labute approximate surface area is 124 Å². The average molecular weight is 284 g/mol. The number of fused-ring (bicyclic) bond motifs is 2. The lowest BCUT2D eigenvalue weighted by atomic mass is 10.0. The Hall–Kier alpha value is -1.49. The van der Waals surface area contributed by atoms with E-state index in [0.717, 1.165) is 36.2 Å². The number of pyridine rings is 1. The molecule has 1 aromatic carbocycles. The number of morpholine rings is 1. The molecule has 3 heterocycles. The molecule has 110 valence electrons. The van der Waals surface area contributed by atoms with Gasteiger partial charge in [0.1, 0.15) is 12.2 Å². The first kappa shape index (κ1) is 13.2. The minimum atomic E-state index is -0.585. The van der Waals surface area contributed by atoms with Crippen molar-refractivity contribution in [3.05, 3.63) is 42.1 Å². The van der Waals surface area contributed by atoms with Crippen molar-refractivity contribution in [2.45, 2.75) is 31.1 Å². The third kappa shape index (κ3) is 2.44. The maximum Gasteiger partial charge on any atom is 0.106 e. The molecule has 2 saturated heterocycles. The Balaban J connectivity index is 1.56. The van der Waals surface area contributed by atoms with Crippen LogP contribution < -0.4 is 0 Å². The number of aromatic nitrogens is 1. The molecule has 0 bridgehead atoms. The Morgan fingerprint density at radius 2 is 2.29 bits per heavy atom. The number of hydrogen-bond donors (Lipinski definition) is 1. The maximum absolute atomic E-state index is 10.6. The van der Waals surface area contributed by atoms with E-state index in [9.17, 15) is 5.11 Å². The zero-order valence-corrected chi connectivity index (χ0v) is 12.0. The summed E-state index contributed by atoms with van der Waals surface area (Å²) < 4.78 is 5.91. The van der Waals surface area contributed by atoms with Gasteiger partial charge in [-0.2, -0.15) is 0 Å². The topological polar surface area (TPSA) is 45.6 Å². The van der Waals surface area contributed by atoms with E-state index in [1.54, 1.807) is 6.20 Å². The molecule has 0 spiro atoms. The minimum Gasteiger partial charge on any atom is -0.386 e. The molecule has 2 aliphatic heterocycles. The van der Waals surface area contributed by atoms with Gasteiger partial charge in [-0.05, 0) is 37.1 Å². The van der Waals surface area contributed by atoms with E-state index in [-0.39, 0.29) is 6.10 Å². The molecule has 1 N–H and O–H groups in total. The number of rotatable bonds is 2. The van der Waals surface area contributed by atoms with Crippen LogP contribution in [0.4, 0.5) is 0 Å². The van der Waals surface area contributed by atoms with E-state index in [0.29, 0.717) is 6.04 Å². The van der Waals surface area contributed by atoms with Gasteiger partial charge >= 0.3 is 0 Å². The zero-order valence-electron chi connectivity index (χ0n) is 12.0. The first-order valence-electron chi connectivity index (χ1n) is 7.70. The van der Waals surface area contributed by atoms with Crippen LogP contribution in [0, 0.1) is 0 Å². The van der Waals surface area contributed by atoms with Crippen LogP contribution >= 0.6 is 0 Å². The largest absolute Gasteiger partial charge is 0.386 e. The summed E-state index contributed by atoms with van der Waals surface area (Å²) in [5, 5.41) is 11.7. The number of aliphatic hydroxyl groups excluding tert-OH is 1. The highest BCUT2D eigenvalue weighted by atomic mass is 16.5. The Kier molecular flexibility index (Phi) is 3.37. The molecule has 21 heavy (non-hydrogen) atoms. The van der Waals surface area contributed by atoms with Crippen LogP contribution in [0.5, 0.6) is 0 Å². The molecule has 4 heteroatoms. The molecule has 2 aliphatic rings. The van der Waals surface area contributed by atoms with E-state index in [1.807, 2.05) is 30.3 Å². The molecule has 3 unspecified atom stereocenters. The second kappa shape index (κ2) is 5.37. The second-order valence-corrected chi connectivity index (χ2v) is 6.06. The predicted molar refractivity (Wildman–Crippen MR) is 81.0 cm³/mol. The first-order valence-corrected chi connectivity index (χ1v) is 7.70. The van der Waals surface area contributed by atoms with Crippen LogP contribution in [0.2, 0.25) is 0 Å². The van der Waals surface area contributed by atoms with Gasteiger partial charge in [0.15, 0.2) is 0 Å². The predicted octanol–water partition coefficient (Wildman–Crippen LogP) is 2.13. The number of aliphatic hydroxyl groups is 1. The number of hydrogen-bond acceptors (Lipinski definition) is 4. The van der Waals surface area contributed by atoms with Gasteiger partial charge < -0.3 is 9.84 Å². The summed E-state index contributed by atoms with van der Waals surface area (Å²) in [5.41, 5.74) is 1.81. The van der Waals surface area contributed by atoms with Crippen molar-refractivity contribution in [2.75, 3.05) is 19.7 Å². The smallest absolute Gasteiger partial charge is 0.106 e. The summed E-state index contributed by atoms with van der Waals surface area (Å²) in [6, 6.07) is 10.5. The Bertz CT molecular complexity index is 645. The molecule has 4 rings (SSSR count). The number of nitrogens with zero attached hydrogens (tertiary/aromatic N) is 2. The molecule has 0 amide bonds. The van der Waals surface area contributed by atoms with Crippen LogP contribution in [0.25, 0.3) is 10.9 Å². The molecular formula is C17H20N2O2. The van der Waals surface area contributed by atoms with Gasteiger partial charge in [-0.15, -0.1) is 0 Å². The van der Waals surface area contributed by atoms with Crippen molar-refractivity contribution in [3.63, 3.8) is 0 Å². The average Bonchev–Trinajstić information content (AvgIpc) is 3.01. The highest BCUT2D eigenvalue weighted by Crippen LogP contribution is 2.29. The van der Waals surface area contributed by atoms with E-state index in [1.165, 1.54) is 12.8 Å². The number of benzene rings is 1. The Morgan fingerprint density at radius 3 is 3.24 bits per heavy atom. The van der Waals surface area contributed by atoms with Crippen molar-refractivity contribution in [1.29, 1.82) is 0 Å². The van der Waals surface area contributed by atoms with E-state index >= 15 is 0 Å². The van der Waals surface area contributed by atoms with Crippen LogP contribution in [-0.4, -0.2) is 46.8 Å². The fourth-order valence-electron chi connectivity index (χ4n) is 3.52. The molecule has 3 atom stereocenters. The van der Waals surface area contributed by atoms with Gasteiger partial charge in [-0.3, -0.25) is 9.88 Å². The summed E-state index contributed by atoms with van der Waals surface area (Å²) in [6.07, 6.45) is 3.53. The summed E-state index contributed by atoms with van der Waals surface area (Å²) in [4.78, 5) is 6.82. The van der Waals surface area contributed by atoms with Crippen molar-refractivity contribution in [1.82, 2.24) is 9.88 Å². The van der Waals surface area contributed by atoms with Crippen molar-refractivity contribution >= 4 is 10.9 Å². The quantitative estimate of drug-likeness (QED) is 0.917. The highest BCUT2D eigenvalue weighted by molar-refractivity contribution is 5.78. The lowest BCUT2D eigenvalue weighted by Gasteiger charge is -2.37. The number of ether oxygens (including phenoxy) is 1. The SMILES string of the molecule is OC(c1ccc2cccnc2c1)C1CN2CCCC2CO1. The molecule has 2 aromatic rings. The van der Waals surface area contributed by atoms with Crippen molar-refractivity contribution < 1.29 is 9.84 Å². The molecule has 0 saturated carbocycles. The fourth-order valence-corrected chi connectivity index (χ4v) is 3.52. The monoisotopic (exact) mass is 284 g/mol. The summed E-state index contributed by atoms with van der Waals surface area (Å²) in [6.45, 7) is 2.70. The van der Waals surface area contributed by atoms with Crippen LogP contribution in [0.3, 0.4) is 0 Å². The van der Waals surface area contributed by atoms with Crippen molar-refractivity contribution in [3.8, 4) is 0 Å². The maximum atomic E-state index is 10.6. The summed E-state index contributed by atoms with van der Waals surface area (Å²) in [5.74, 6) is 0. The molecule has 1 aromatic heterocycles. The summed E-state index contributed by atoms with van der Waals surface area (Å²) >= 11 is 0. The van der Waals surface area contributed by atoms with Gasteiger partial charge in [-0.25, -0.2) is 0 Å². The third-order valence-corrected chi connectivity index (χ3v) is 4.74. The fraction of sp³-hybridized carbons (Fsp3) is 0.471. The van der Waals surface area contributed by atoms with Gasteiger partial charge in [0.05, 0.1) is 12.1 Å². The van der Waals surface area contributed by atoms with Crippen LogP contribution in [0.1, 0.15) is 24.5 Å². The van der Waals surface area contributed by atoms with Gasteiger partial charge in [0.25, 0.3) is 0 Å². The van der Waals surface area contributed by atoms with E-state index in [2.05, 4.69) is 9.88 Å². The normalized spacial score (nSPS) is 27.7. The summed E-state index contributed by atoms with van der Waals surface area (Å²) in [7, 11) is 0. The first-order chi connectivity index (χ1) is 10.3. The molecule has 2 fully saturated rings. The lowest BCUT2D eigenvalue weighted by molar-refractivity contribution is -0.103. The minimum absolute atomic E-state index is 0.138. The molecule has 0 aliphatic carbocycles. The molecular weight excluding hydrogens is 264 g/mol. The van der Waals surface area contributed by atoms with Crippen LogP contribution in [-0.2, 0) is 4.74 Å². The molecule has 4 nitrogen and oxygen atoms in total. The lowest BCUT2D eigenvalue weighted by Crippen LogP contribution is -2.48.